The zero-order valence-electron chi connectivity index (χ0n) is 11.5. The van der Waals surface area contributed by atoms with Crippen molar-refractivity contribution in [3.05, 3.63) is 0 Å². The van der Waals surface area contributed by atoms with E-state index in [9.17, 15) is 9.59 Å². The summed E-state index contributed by atoms with van der Waals surface area (Å²) in [5.41, 5.74) is -1.63. The van der Waals surface area contributed by atoms with Gasteiger partial charge in [0.15, 0.2) is 0 Å². The summed E-state index contributed by atoms with van der Waals surface area (Å²) in [5.74, 6) is -1.33. The van der Waals surface area contributed by atoms with E-state index in [0.29, 0.717) is 6.54 Å². The van der Waals surface area contributed by atoms with Crippen LogP contribution in [-0.4, -0.2) is 46.2 Å². The molecule has 1 N–H and O–H groups in total. The van der Waals surface area contributed by atoms with Crippen LogP contribution in [0.2, 0.25) is 0 Å². The third-order valence-corrected chi connectivity index (χ3v) is 2.44. The third kappa shape index (κ3) is 4.73. The maximum atomic E-state index is 11.9. The lowest BCUT2D eigenvalue weighted by Crippen LogP contribution is -2.54. The largest absolute Gasteiger partial charge is 0.480 e. The van der Waals surface area contributed by atoms with Gasteiger partial charge in [-0.2, -0.15) is 0 Å². The van der Waals surface area contributed by atoms with Crippen molar-refractivity contribution in [2.75, 3.05) is 13.2 Å². The first kappa shape index (κ1) is 15.9. The predicted octanol–water partition coefficient (Wildman–Crippen LogP) is 1.51. The number of aliphatic carboxylic acids is 1. The highest BCUT2D eigenvalue weighted by molar-refractivity contribution is 5.86. The summed E-state index contributed by atoms with van der Waals surface area (Å²) in [6.45, 7) is 10.5. The van der Waals surface area contributed by atoms with Crippen molar-refractivity contribution in [1.82, 2.24) is 4.90 Å². The predicted molar refractivity (Wildman–Crippen MR) is 64.8 cm³/mol. The molecule has 5 nitrogen and oxygen atoms in total. The van der Waals surface area contributed by atoms with Gasteiger partial charge in [0.05, 0.1) is 5.60 Å². The number of ether oxygens (including phenoxy) is 1. The van der Waals surface area contributed by atoms with Gasteiger partial charge in [0.2, 0.25) is 5.91 Å². The quantitative estimate of drug-likeness (QED) is 0.797. The van der Waals surface area contributed by atoms with Gasteiger partial charge in [-0.05, 0) is 41.5 Å². The van der Waals surface area contributed by atoms with Gasteiger partial charge in [0.1, 0.15) is 12.1 Å². The lowest BCUT2D eigenvalue weighted by atomic mass is 10.0. The summed E-state index contributed by atoms with van der Waals surface area (Å²) < 4.78 is 5.36. The van der Waals surface area contributed by atoms with Crippen molar-refractivity contribution in [2.45, 2.75) is 52.7 Å². The summed E-state index contributed by atoms with van der Waals surface area (Å²) in [4.78, 5) is 24.3. The second-order valence-corrected chi connectivity index (χ2v) is 5.40. The molecule has 100 valence electrons. The Morgan fingerprint density at radius 3 is 1.94 bits per heavy atom. The molecule has 0 saturated heterocycles. The van der Waals surface area contributed by atoms with Crippen LogP contribution in [0.15, 0.2) is 0 Å². The summed E-state index contributed by atoms with van der Waals surface area (Å²) >= 11 is 0. The van der Waals surface area contributed by atoms with Gasteiger partial charge in [0, 0.05) is 6.54 Å². The fourth-order valence-corrected chi connectivity index (χ4v) is 1.36. The summed E-state index contributed by atoms with van der Waals surface area (Å²) in [6, 6.07) is 0. The number of hydrogen-bond donors (Lipinski definition) is 1. The number of carboxylic acid groups (broad SMARTS) is 1. The summed E-state index contributed by atoms with van der Waals surface area (Å²) in [6.07, 6.45) is 0. The summed E-state index contributed by atoms with van der Waals surface area (Å²) in [5, 5.41) is 9.09. The molecule has 0 fully saturated rings. The monoisotopic (exact) mass is 245 g/mol. The molecule has 5 heteroatoms. The molecule has 0 aliphatic rings. The maximum Gasteiger partial charge on any atom is 0.329 e. The average molecular weight is 245 g/mol. The van der Waals surface area contributed by atoms with Gasteiger partial charge in [0.25, 0.3) is 0 Å². The molecule has 1 amide bonds. The fraction of sp³-hybridized carbons (Fsp3) is 0.833. The number of rotatable bonds is 5. The first-order chi connectivity index (χ1) is 7.52. The van der Waals surface area contributed by atoms with Gasteiger partial charge in [-0.15, -0.1) is 0 Å². The normalized spacial score (nSPS) is 12.4. The van der Waals surface area contributed by atoms with Crippen molar-refractivity contribution in [3.8, 4) is 0 Å². The van der Waals surface area contributed by atoms with E-state index >= 15 is 0 Å². The molecular weight excluding hydrogens is 222 g/mol. The van der Waals surface area contributed by atoms with E-state index in [2.05, 4.69) is 0 Å². The fourth-order valence-electron chi connectivity index (χ4n) is 1.36. The van der Waals surface area contributed by atoms with E-state index < -0.39 is 17.1 Å². The molecule has 0 radical (unpaired) electrons. The molecule has 0 aromatic rings. The Kier molecular flexibility index (Phi) is 5.13. The van der Waals surface area contributed by atoms with Crippen LogP contribution >= 0.6 is 0 Å². The zero-order chi connectivity index (χ0) is 13.9. The third-order valence-electron chi connectivity index (χ3n) is 2.44. The van der Waals surface area contributed by atoms with Crippen molar-refractivity contribution in [3.63, 3.8) is 0 Å². The first-order valence-corrected chi connectivity index (χ1v) is 5.70. The van der Waals surface area contributed by atoms with E-state index in [4.69, 9.17) is 9.84 Å². The zero-order valence-corrected chi connectivity index (χ0v) is 11.5. The molecule has 0 atom stereocenters. The number of carbonyl (C=O) groups excluding carboxylic acids is 1. The van der Waals surface area contributed by atoms with E-state index in [1.54, 1.807) is 6.92 Å². The van der Waals surface area contributed by atoms with Crippen LogP contribution in [0.3, 0.4) is 0 Å². The van der Waals surface area contributed by atoms with Crippen molar-refractivity contribution in [1.29, 1.82) is 0 Å². The van der Waals surface area contributed by atoms with Gasteiger partial charge in [-0.3, -0.25) is 4.79 Å². The second-order valence-electron chi connectivity index (χ2n) is 5.40. The van der Waals surface area contributed by atoms with Crippen molar-refractivity contribution >= 4 is 11.9 Å². The van der Waals surface area contributed by atoms with Crippen LogP contribution in [0.5, 0.6) is 0 Å². The van der Waals surface area contributed by atoms with Crippen LogP contribution in [0.25, 0.3) is 0 Å². The number of carboxylic acids is 1. The molecule has 0 aliphatic heterocycles. The molecule has 17 heavy (non-hydrogen) atoms. The number of hydrogen-bond acceptors (Lipinski definition) is 3. The highest BCUT2D eigenvalue weighted by Gasteiger charge is 2.37. The number of nitrogens with zero attached hydrogens (tertiary/aromatic N) is 1. The summed E-state index contributed by atoms with van der Waals surface area (Å²) in [7, 11) is 0. The molecule has 0 spiro atoms. The van der Waals surface area contributed by atoms with Crippen molar-refractivity contribution < 1.29 is 19.4 Å². The molecule has 0 aromatic carbocycles. The maximum absolute atomic E-state index is 11.9. The van der Waals surface area contributed by atoms with Crippen LogP contribution in [-0.2, 0) is 14.3 Å². The lowest BCUT2D eigenvalue weighted by molar-refractivity contribution is -0.160. The minimum Gasteiger partial charge on any atom is -0.480 e. The van der Waals surface area contributed by atoms with E-state index in [-0.39, 0.29) is 12.5 Å². The number of likely N-dealkylation sites (N-methyl/N-ethyl adjacent to an activating group) is 1. The standard InChI is InChI=1S/C12H23NO4/c1-7-13(12(5,6)10(15)16)9(14)8-17-11(2,3)4/h7-8H2,1-6H3,(H,15,16). The van der Waals surface area contributed by atoms with Crippen LogP contribution in [0.4, 0.5) is 0 Å². The SMILES string of the molecule is CCN(C(=O)COC(C)(C)C)C(C)(C)C(=O)O. The van der Waals surface area contributed by atoms with Crippen LogP contribution < -0.4 is 0 Å². The Hall–Kier alpha value is -1.10. The number of carbonyl (C=O) groups is 2. The molecule has 0 rings (SSSR count). The first-order valence-electron chi connectivity index (χ1n) is 5.70. The Morgan fingerprint density at radius 2 is 1.65 bits per heavy atom. The molecule has 0 aliphatic carbocycles. The van der Waals surface area contributed by atoms with Gasteiger partial charge in [-0.1, -0.05) is 0 Å². The van der Waals surface area contributed by atoms with Crippen molar-refractivity contribution in [2.24, 2.45) is 0 Å². The molecule has 0 heterocycles. The molecule has 0 aromatic heterocycles. The van der Waals surface area contributed by atoms with E-state index in [1.165, 1.54) is 18.7 Å². The molecule has 0 bridgehead atoms. The Morgan fingerprint density at radius 1 is 1.18 bits per heavy atom. The Bertz CT molecular complexity index is 291. The molecule has 0 unspecified atom stereocenters. The molecular formula is C12H23NO4. The highest BCUT2D eigenvalue weighted by Crippen LogP contribution is 2.16. The lowest BCUT2D eigenvalue weighted by Gasteiger charge is -2.34. The highest BCUT2D eigenvalue weighted by atomic mass is 16.5. The Balaban J connectivity index is 4.68. The van der Waals surface area contributed by atoms with E-state index in [1.807, 2.05) is 20.8 Å². The average Bonchev–Trinajstić information content (AvgIpc) is 2.14. The second kappa shape index (κ2) is 5.49. The minimum atomic E-state index is -1.22. The topological polar surface area (TPSA) is 66.8 Å². The van der Waals surface area contributed by atoms with Gasteiger partial charge in [-0.25, -0.2) is 4.79 Å². The minimum absolute atomic E-state index is 0.103. The van der Waals surface area contributed by atoms with Crippen LogP contribution in [0.1, 0.15) is 41.5 Å². The Labute approximate surface area is 103 Å². The molecule has 0 saturated carbocycles. The smallest absolute Gasteiger partial charge is 0.329 e. The van der Waals surface area contributed by atoms with E-state index in [0.717, 1.165) is 0 Å². The number of amides is 1. The van der Waals surface area contributed by atoms with Crippen LogP contribution in [0, 0.1) is 0 Å². The van der Waals surface area contributed by atoms with Gasteiger partial charge < -0.3 is 14.7 Å². The van der Waals surface area contributed by atoms with Gasteiger partial charge >= 0.3 is 5.97 Å².